The second kappa shape index (κ2) is 5.92. The summed E-state index contributed by atoms with van der Waals surface area (Å²) in [5, 5.41) is 3.06. The number of halogens is 2. The van der Waals surface area contributed by atoms with Crippen LogP contribution in [0.5, 0.6) is 5.75 Å². The molecule has 0 fully saturated rings. The third-order valence-electron chi connectivity index (χ3n) is 2.71. The summed E-state index contributed by atoms with van der Waals surface area (Å²) >= 11 is 0. The fourth-order valence-corrected chi connectivity index (χ4v) is 1.94. The van der Waals surface area contributed by atoms with Gasteiger partial charge in [0.25, 0.3) is 0 Å². The zero-order chi connectivity index (χ0) is 13.8. The lowest BCUT2D eigenvalue weighted by atomic mass is 10.0. The van der Waals surface area contributed by atoms with Gasteiger partial charge in [-0.05, 0) is 19.9 Å². The monoisotopic (exact) mass is 272 g/mol. The highest BCUT2D eigenvalue weighted by Crippen LogP contribution is 2.27. The largest absolute Gasteiger partial charge is 0.461 e. The molecular formula is C12H14F2N2O3. The van der Waals surface area contributed by atoms with Gasteiger partial charge in [0.15, 0.2) is 5.69 Å². The first-order valence-corrected chi connectivity index (χ1v) is 5.97. The van der Waals surface area contributed by atoms with Crippen LogP contribution >= 0.6 is 0 Å². The Hall–Kier alpha value is -1.76. The van der Waals surface area contributed by atoms with E-state index in [2.05, 4.69) is 15.0 Å². The van der Waals surface area contributed by atoms with Crippen LogP contribution in [0.1, 0.15) is 28.7 Å². The van der Waals surface area contributed by atoms with Crippen molar-refractivity contribution in [2.45, 2.75) is 26.5 Å². The second-order valence-corrected chi connectivity index (χ2v) is 3.96. The molecule has 1 aromatic heterocycles. The molecule has 0 radical (unpaired) electrons. The zero-order valence-corrected chi connectivity index (χ0v) is 10.4. The maximum absolute atomic E-state index is 12.4. The standard InChI is InChI=1S/C12H14F2N2O3/c1-2-18-11(17)8-5-10(19-12(13)14)7-3-4-15-6-9(7)16-8/h5,12,15H,2-4,6H2,1H3. The van der Waals surface area contributed by atoms with E-state index in [1.54, 1.807) is 6.92 Å². The van der Waals surface area contributed by atoms with Crippen molar-refractivity contribution >= 4 is 5.97 Å². The number of ether oxygens (including phenoxy) is 2. The van der Waals surface area contributed by atoms with Crippen molar-refractivity contribution < 1.29 is 23.0 Å². The van der Waals surface area contributed by atoms with Gasteiger partial charge in [-0.2, -0.15) is 8.78 Å². The summed E-state index contributed by atoms with van der Waals surface area (Å²) in [6, 6.07) is 1.22. The van der Waals surface area contributed by atoms with Gasteiger partial charge in [0.05, 0.1) is 12.3 Å². The molecule has 0 bridgehead atoms. The van der Waals surface area contributed by atoms with Crippen molar-refractivity contribution in [1.29, 1.82) is 0 Å². The van der Waals surface area contributed by atoms with E-state index >= 15 is 0 Å². The number of nitrogens with zero attached hydrogens (tertiary/aromatic N) is 1. The molecule has 7 heteroatoms. The number of hydrogen-bond donors (Lipinski definition) is 1. The van der Waals surface area contributed by atoms with E-state index in [0.717, 1.165) is 0 Å². The number of alkyl halides is 2. The van der Waals surface area contributed by atoms with Crippen LogP contribution in [-0.4, -0.2) is 30.7 Å². The van der Waals surface area contributed by atoms with Gasteiger partial charge in [-0.1, -0.05) is 0 Å². The van der Waals surface area contributed by atoms with Crippen LogP contribution in [0.3, 0.4) is 0 Å². The summed E-state index contributed by atoms with van der Waals surface area (Å²) in [7, 11) is 0. The Balaban J connectivity index is 2.38. The minimum absolute atomic E-state index is 0.00422. The minimum Gasteiger partial charge on any atom is -0.461 e. The van der Waals surface area contributed by atoms with Crippen LogP contribution in [-0.2, 0) is 17.7 Å². The number of carbonyl (C=O) groups excluding carboxylic acids is 1. The summed E-state index contributed by atoms with van der Waals surface area (Å²) < 4.78 is 34.1. The van der Waals surface area contributed by atoms with Gasteiger partial charge in [0.2, 0.25) is 0 Å². The Bertz CT molecular complexity index is 480. The lowest BCUT2D eigenvalue weighted by Gasteiger charge is -2.20. The van der Waals surface area contributed by atoms with Crippen LogP contribution in [0.2, 0.25) is 0 Å². The second-order valence-electron chi connectivity index (χ2n) is 3.96. The van der Waals surface area contributed by atoms with E-state index < -0.39 is 12.6 Å². The minimum atomic E-state index is -2.93. The molecule has 0 aromatic carbocycles. The maximum Gasteiger partial charge on any atom is 0.387 e. The Kier molecular flexibility index (Phi) is 4.26. The topological polar surface area (TPSA) is 60.5 Å². The maximum atomic E-state index is 12.4. The quantitative estimate of drug-likeness (QED) is 0.842. The lowest BCUT2D eigenvalue weighted by Crippen LogP contribution is -2.26. The number of aromatic nitrogens is 1. The molecule has 19 heavy (non-hydrogen) atoms. The van der Waals surface area contributed by atoms with Gasteiger partial charge < -0.3 is 14.8 Å². The molecule has 2 rings (SSSR count). The summed E-state index contributed by atoms with van der Waals surface area (Å²) in [5.74, 6) is -0.639. The number of fused-ring (bicyclic) bond motifs is 1. The highest BCUT2D eigenvalue weighted by molar-refractivity contribution is 5.88. The van der Waals surface area contributed by atoms with Crippen molar-refractivity contribution in [2.24, 2.45) is 0 Å². The number of nitrogens with one attached hydrogen (secondary N) is 1. The molecular weight excluding hydrogens is 258 g/mol. The Morgan fingerprint density at radius 2 is 2.37 bits per heavy atom. The predicted octanol–water partition coefficient (Wildman–Crippen LogP) is 1.51. The van der Waals surface area contributed by atoms with Crippen LogP contribution in [0.25, 0.3) is 0 Å². The van der Waals surface area contributed by atoms with Gasteiger partial charge in [-0.15, -0.1) is 0 Å². The molecule has 0 aliphatic carbocycles. The molecule has 1 aliphatic rings. The first-order chi connectivity index (χ1) is 9.11. The van der Waals surface area contributed by atoms with Gasteiger partial charge in [0, 0.05) is 18.2 Å². The lowest BCUT2D eigenvalue weighted by molar-refractivity contribution is -0.0507. The number of esters is 1. The third kappa shape index (κ3) is 3.17. The summed E-state index contributed by atoms with van der Waals surface area (Å²) in [4.78, 5) is 15.8. The Morgan fingerprint density at radius 1 is 1.58 bits per heavy atom. The van der Waals surface area contributed by atoms with Gasteiger partial charge in [-0.25, -0.2) is 9.78 Å². The van der Waals surface area contributed by atoms with Crippen molar-refractivity contribution in [3.8, 4) is 5.75 Å². The average Bonchev–Trinajstić information content (AvgIpc) is 2.38. The average molecular weight is 272 g/mol. The first-order valence-electron chi connectivity index (χ1n) is 5.97. The Morgan fingerprint density at radius 3 is 3.05 bits per heavy atom. The Labute approximate surface area is 108 Å². The number of hydrogen-bond acceptors (Lipinski definition) is 5. The number of rotatable bonds is 4. The molecule has 2 heterocycles. The van der Waals surface area contributed by atoms with Gasteiger partial charge in [-0.3, -0.25) is 0 Å². The summed E-state index contributed by atoms with van der Waals surface area (Å²) in [6.07, 6.45) is 0.535. The molecule has 1 aliphatic heterocycles. The SMILES string of the molecule is CCOC(=O)c1cc(OC(F)F)c2c(n1)CNCC2. The molecule has 0 unspecified atom stereocenters. The molecule has 0 spiro atoms. The fourth-order valence-electron chi connectivity index (χ4n) is 1.94. The summed E-state index contributed by atoms with van der Waals surface area (Å²) in [5.41, 5.74) is 1.15. The highest BCUT2D eigenvalue weighted by atomic mass is 19.3. The molecule has 0 saturated carbocycles. The van der Waals surface area contributed by atoms with Crippen molar-refractivity contribution in [1.82, 2.24) is 10.3 Å². The molecule has 5 nitrogen and oxygen atoms in total. The fraction of sp³-hybridized carbons (Fsp3) is 0.500. The number of pyridine rings is 1. The van der Waals surface area contributed by atoms with Crippen molar-refractivity contribution in [3.63, 3.8) is 0 Å². The first kappa shape index (κ1) is 13.7. The highest BCUT2D eigenvalue weighted by Gasteiger charge is 2.22. The van der Waals surface area contributed by atoms with Crippen LogP contribution in [0.4, 0.5) is 8.78 Å². The van der Waals surface area contributed by atoms with Crippen LogP contribution in [0, 0.1) is 0 Å². The van der Waals surface area contributed by atoms with E-state index in [0.29, 0.717) is 30.8 Å². The van der Waals surface area contributed by atoms with Crippen molar-refractivity contribution in [3.05, 3.63) is 23.0 Å². The molecule has 1 N–H and O–H groups in total. The predicted molar refractivity (Wildman–Crippen MR) is 62.2 cm³/mol. The van der Waals surface area contributed by atoms with Crippen LogP contribution in [0.15, 0.2) is 6.07 Å². The van der Waals surface area contributed by atoms with Gasteiger partial charge in [0.1, 0.15) is 5.75 Å². The third-order valence-corrected chi connectivity index (χ3v) is 2.71. The molecule has 1 aromatic rings. The molecule has 0 atom stereocenters. The van der Waals surface area contributed by atoms with E-state index in [1.165, 1.54) is 6.07 Å². The summed E-state index contributed by atoms with van der Waals surface area (Å²) in [6.45, 7) is 0.00118. The molecule has 104 valence electrons. The van der Waals surface area contributed by atoms with E-state index in [-0.39, 0.29) is 18.1 Å². The van der Waals surface area contributed by atoms with Crippen LogP contribution < -0.4 is 10.1 Å². The molecule has 0 saturated heterocycles. The van der Waals surface area contributed by atoms with E-state index in [1.807, 2.05) is 0 Å². The normalized spacial score (nSPS) is 14.1. The van der Waals surface area contributed by atoms with Gasteiger partial charge >= 0.3 is 12.6 Å². The smallest absolute Gasteiger partial charge is 0.387 e. The zero-order valence-electron chi connectivity index (χ0n) is 10.4. The van der Waals surface area contributed by atoms with Crippen molar-refractivity contribution in [2.75, 3.05) is 13.2 Å². The number of carbonyl (C=O) groups is 1. The molecule has 0 amide bonds. The van der Waals surface area contributed by atoms with E-state index in [4.69, 9.17) is 4.74 Å². The van der Waals surface area contributed by atoms with E-state index in [9.17, 15) is 13.6 Å².